The Morgan fingerprint density at radius 3 is 2.02 bits per heavy atom. The first kappa shape index (κ1) is 58.8. The van der Waals surface area contributed by atoms with Gasteiger partial charge in [0.2, 0.25) is 17.7 Å². The largest absolute Gasteiger partial charge is 0.493 e. The lowest BCUT2D eigenvalue weighted by molar-refractivity contribution is -0.137. The van der Waals surface area contributed by atoms with E-state index in [-0.39, 0.29) is 42.7 Å². The normalized spacial score (nSPS) is 20.7. The summed E-state index contributed by atoms with van der Waals surface area (Å²) in [5.74, 6) is 0.393. The van der Waals surface area contributed by atoms with Crippen molar-refractivity contribution in [3.63, 3.8) is 0 Å². The van der Waals surface area contributed by atoms with Crippen LogP contribution in [0.15, 0.2) is 78.9 Å². The molecule has 4 aromatic carbocycles. The van der Waals surface area contributed by atoms with Gasteiger partial charge in [0.25, 0.3) is 5.91 Å². The molecular weight excluding hydrogens is 1040 g/mol. The van der Waals surface area contributed by atoms with Crippen LogP contribution in [0.3, 0.4) is 0 Å². The topological polar surface area (TPSA) is 173 Å². The highest BCUT2D eigenvalue weighted by Crippen LogP contribution is 2.44. The van der Waals surface area contributed by atoms with Gasteiger partial charge in [-0.2, -0.15) is 0 Å². The molecule has 2 saturated heterocycles. The standard InChI is InChI=1S/C61H80ClN7O11/c1-42(2)80-56-40-51-44(38-55(56)74-4)39-58(71)69(59(51)43-8-10-45(62)11-9-43)49-18-14-47(15-19-49)65(3)46-12-16-48(17-13-46)67-25-23-66(24-26-67)27-29-76-31-33-78-35-37-79-36-34-77-32-30-75-28-22-63-53-7-5-6-50-52(53)41-68(61(50)73)54-20-21-57(70)64-60(54)72/h5-11,14-15,18-19,38,40,42,46,48,54,59,63H,12-13,16-17,20-37,39,41H2,1-4H3,(H,64,70,72)/t46?,48?,54?,59-/m0/s1. The van der Waals surface area contributed by atoms with Gasteiger partial charge in [-0.15, -0.1) is 0 Å². The number of carbonyl (C=O) groups is 4. The summed E-state index contributed by atoms with van der Waals surface area (Å²) >= 11 is 6.35. The van der Waals surface area contributed by atoms with E-state index in [0.717, 1.165) is 84.9 Å². The van der Waals surface area contributed by atoms with Gasteiger partial charge in [-0.1, -0.05) is 29.8 Å². The number of methoxy groups -OCH3 is 1. The van der Waals surface area contributed by atoms with Crippen molar-refractivity contribution in [1.29, 1.82) is 0 Å². The number of rotatable bonds is 28. The second kappa shape index (κ2) is 28.7. The molecule has 18 nitrogen and oxygen atoms in total. The Bertz CT molecular complexity index is 2700. The van der Waals surface area contributed by atoms with Crippen molar-refractivity contribution >= 4 is 52.3 Å². The van der Waals surface area contributed by atoms with Crippen molar-refractivity contribution in [2.45, 2.75) is 95.6 Å². The van der Waals surface area contributed by atoms with E-state index in [4.69, 9.17) is 44.8 Å². The zero-order valence-electron chi connectivity index (χ0n) is 47.0. The van der Waals surface area contributed by atoms with Crippen LogP contribution >= 0.6 is 11.6 Å². The quantitative estimate of drug-likeness (QED) is 0.0434. The Hall–Kier alpha value is -5.83. The third-order valence-corrected chi connectivity index (χ3v) is 16.2. The first-order valence-electron chi connectivity index (χ1n) is 28.6. The highest BCUT2D eigenvalue weighted by molar-refractivity contribution is 6.30. The number of halogens is 1. The summed E-state index contributed by atoms with van der Waals surface area (Å²) in [5.41, 5.74) is 7.17. The van der Waals surface area contributed by atoms with E-state index in [1.165, 1.54) is 12.8 Å². The average molecular weight is 1120 g/mol. The number of hydrogen-bond donors (Lipinski definition) is 2. The number of imide groups is 1. The molecule has 2 N–H and O–H groups in total. The third-order valence-electron chi connectivity index (χ3n) is 16.0. The highest BCUT2D eigenvalue weighted by Gasteiger charge is 2.40. The molecule has 1 saturated carbocycles. The maximum Gasteiger partial charge on any atom is 0.255 e. The Balaban J connectivity index is 0.588. The van der Waals surface area contributed by atoms with Crippen LogP contribution in [-0.2, 0) is 51.0 Å². The lowest BCUT2D eigenvalue weighted by Gasteiger charge is -2.43. The smallest absolute Gasteiger partial charge is 0.255 e. The molecule has 4 aromatic rings. The van der Waals surface area contributed by atoms with E-state index in [2.05, 4.69) is 56.6 Å². The van der Waals surface area contributed by atoms with E-state index in [0.29, 0.717) is 120 Å². The van der Waals surface area contributed by atoms with E-state index < -0.39 is 11.9 Å². The molecule has 0 bridgehead atoms. The molecule has 3 fully saturated rings. The molecule has 0 aromatic heterocycles. The van der Waals surface area contributed by atoms with Gasteiger partial charge >= 0.3 is 0 Å². The summed E-state index contributed by atoms with van der Waals surface area (Å²) in [6.07, 6.45) is 5.43. The molecule has 4 heterocycles. The molecule has 432 valence electrons. The number of nitrogens with one attached hydrogen (secondary N) is 2. The number of carbonyl (C=O) groups excluding carboxylic acids is 4. The average Bonchev–Trinajstić information content (AvgIpc) is 3.92. The van der Waals surface area contributed by atoms with Crippen LogP contribution < -0.4 is 29.9 Å². The lowest BCUT2D eigenvalue weighted by Crippen LogP contribution is -2.52. The summed E-state index contributed by atoms with van der Waals surface area (Å²) in [5, 5.41) is 6.34. The minimum absolute atomic E-state index is 0.0226. The molecule has 19 heteroatoms. The van der Waals surface area contributed by atoms with Gasteiger partial charge in [0.15, 0.2) is 11.5 Å². The molecule has 0 spiro atoms. The zero-order chi connectivity index (χ0) is 56.0. The summed E-state index contributed by atoms with van der Waals surface area (Å²) in [6, 6.07) is 25.8. The summed E-state index contributed by atoms with van der Waals surface area (Å²) in [7, 11) is 3.84. The predicted molar refractivity (Wildman–Crippen MR) is 307 cm³/mol. The summed E-state index contributed by atoms with van der Waals surface area (Å²) in [4.78, 5) is 62.3. The van der Waals surface area contributed by atoms with Crippen molar-refractivity contribution in [2.24, 2.45) is 0 Å². The van der Waals surface area contributed by atoms with Crippen LogP contribution in [-0.4, -0.2) is 182 Å². The van der Waals surface area contributed by atoms with E-state index in [1.54, 1.807) is 18.1 Å². The fourth-order valence-electron chi connectivity index (χ4n) is 11.7. The van der Waals surface area contributed by atoms with Crippen molar-refractivity contribution in [1.82, 2.24) is 20.0 Å². The van der Waals surface area contributed by atoms with Crippen LogP contribution in [0, 0.1) is 0 Å². The number of piperazine rings is 1. The highest BCUT2D eigenvalue weighted by atomic mass is 35.5. The van der Waals surface area contributed by atoms with Crippen molar-refractivity contribution in [3.8, 4) is 11.5 Å². The van der Waals surface area contributed by atoms with Crippen molar-refractivity contribution in [3.05, 3.63) is 112 Å². The molecule has 4 aliphatic heterocycles. The molecule has 0 radical (unpaired) electrons. The number of ether oxygens (including phenoxy) is 7. The number of amides is 4. The van der Waals surface area contributed by atoms with Crippen LogP contribution in [0.2, 0.25) is 5.02 Å². The van der Waals surface area contributed by atoms with Gasteiger partial charge < -0.3 is 53.2 Å². The molecule has 5 aliphatic rings. The van der Waals surface area contributed by atoms with E-state index >= 15 is 0 Å². The Morgan fingerprint density at radius 1 is 0.738 bits per heavy atom. The Labute approximate surface area is 476 Å². The number of piperidine rings is 1. The Kier molecular flexibility index (Phi) is 21.1. The van der Waals surface area contributed by atoms with E-state index in [1.807, 2.05) is 67.3 Å². The lowest BCUT2D eigenvalue weighted by atomic mass is 9.86. The van der Waals surface area contributed by atoms with Crippen LogP contribution in [0.5, 0.6) is 11.5 Å². The predicted octanol–water partition coefficient (Wildman–Crippen LogP) is 7.14. The van der Waals surface area contributed by atoms with E-state index in [9.17, 15) is 19.2 Å². The van der Waals surface area contributed by atoms with Gasteiger partial charge in [-0.3, -0.25) is 34.3 Å². The first-order chi connectivity index (χ1) is 38.9. The number of fused-ring (bicyclic) bond motifs is 2. The van der Waals surface area contributed by atoms with Crippen molar-refractivity contribution < 1.29 is 52.3 Å². The molecule has 1 unspecified atom stereocenters. The van der Waals surface area contributed by atoms with Crippen LogP contribution in [0.4, 0.5) is 17.1 Å². The molecule has 4 amide bonds. The fraction of sp³-hybridized carbons (Fsp3) is 0.541. The minimum atomic E-state index is -0.642. The fourth-order valence-corrected chi connectivity index (χ4v) is 11.9. The zero-order valence-corrected chi connectivity index (χ0v) is 47.7. The first-order valence-corrected chi connectivity index (χ1v) is 29.0. The number of nitrogens with zero attached hydrogens (tertiary/aromatic N) is 5. The Morgan fingerprint density at radius 2 is 1.39 bits per heavy atom. The monoisotopic (exact) mass is 1120 g/mol. The summed E-state index contributed by atoms with van der Waals surface area (Å²) in [6.45, 7) is 15.1. The molecular formula is C61H80ClN7O11. The number of hydrogen-bond acceptors (Lipinski definition) is 15. The molecule has 2 atom stereocenters. The maximum absolute atomic E-state index is 14.1. The molecule has 80 heavy (non-hydrogen) atoms. The minimum Gasteiger partial charge on any atom is -0.493 e. The van der Waals surface area contributed by atoms with Crippen LogP contribution in [0.1, 0.15) is 91.0 Å². The van der Waals surface area contributed by atoms with Gasteiger partial charge in [0.1, 0.15) is 6.04 Å². The summed E-state index contributed by atoms with van der Waals surface area (Å²) < 4.78 is 40.5. The molecule has 9 rings (SSSR count). The maximum atomic E-state index is 14.1. The second-order valence-electron chi connectivity index (χ2n) is 21.5. The van der Waals surface area contributed by atoms with Gasteiger partial charge in [-0.05, 0) is 123 Å². The van der Waals surface area contributed by atoms with Gasteiger partial charge in [0.05, 0.1) is 91.7 Å². The van der Waals surface area contributed by atoms with Crippen molar-refractivity contribution in [2.75, 3.05) is 135 Å². The number of anilines is 3. The van der Waals surface area contributed by atoms with Gasteiger partial charge in [-0.25, -0.2) is 0 Å². The third kappa shape index (κ3) is 15.0. The SMILES string of the molecule is COc1cc2c(cc1OC(C)C)[C@H](c1ccc(Cl)cc1)N(c1ccc(N(C)C3CCC(N4CCN(CCOCCOCCOCCOCCOCCNc5cccc6c5CN(C5CCC(=O)NC5=O)C6=O)CC4)CC3)cc1)C(=O)C2. The van der Waals surface area contributed by atoms with Crippen LogP contribution in [0.25, 0.3) is 0 Å². The van der Waals surface area contributed by atoms with Gasteiger partial charge in [0, 0.05) is 105 Å². The number of benzene rings is 4. The molecule has 1 aliphatic carbocycles. The second-order valence-corrected chi connectivity index (χ2v) is 21.9.